The number of carbonyl (C=O) groups excluding carboxylic acids is 2. The van der Waals surface area contributed by atoms with E-state index in [1.54, 1.807) is 22.7 Å². The Morgan fingerprint density at radius 3 is 1.88 bits per heavy atom. The highest BCUT2D eigenvalue weighted by atomic mass is 32.1. The van der Waals surface area contributed by atoms with Gasteiger partial charge in [0.05, 0.1) is 22.8 Å². The number of fused-ring (bicyclic) bond motifs is 4. The molecule has 0 saturated heterocycles. The summed E-state index contributed by atoms with van der Waals surface area (Å²) in [5.74, 6) is -0.383. The molecular weight excluding hydrogens is 545 g/mol. The normalized spacial score (nSPS) is 13.2. The number of hydrogen-bond acceptors (Lipinski definition) is 5. The van der Waals surface area contributed by atoms with E-state index >= 15 is 0 Å². The number of hydrogen-bond donors (Lipinski definition) is 0. The summed E-state index contributed by atoms with van der Waals surface area (Å²) in [6.07, 6.45) is 6.55. The van der Waals surface area contributed by atoms with Crippen LogP contribution in [0.1, 0.15) is 71.7 Å². The molecule has 4 nitrogen and oxygen atoms in total. The third-order valence-corrected chi connectivity index (χ3v) is 10.2. The van der Waals surface area contributed by atoms with Gasteiger partial charge in [-0.3, -0.25) is 14.5 Å². The van der Waals surface area contributed by atoms with E-state index in [1.807, 2.05) is 59.3 Å². The molecule has 7 rings (SSSR count). The van der Waals surface area contributed by atoms with E-state index < -0.39 is 0 Å². The molecule has 3 aromatic carbocycles. The highest BCUT2D eigenvalue weighted by Crippen LogP contribution is 2.59. The molecule has 0 spiro atoms. The molecule has 1 aliphatic heterocycles. The van der Waals surface area contributed by atoms with E-state index in [-0.39, 0.29) is 11.8 Å². The zero-order valence-electron chi connectivity index (χ0n) is 22.8. The van der Waals surface area contributed by atoms with Gasteiger partial charge in [0.15, 0.2) is 0 Å². The Labute approximate surface area is 247 Å². The van der Waals surface area contributed by atoms with Crippen LogP contribution in [0.5, 0.6) is 0 Å². The summed E-state index contributed by atoms with van der Waals surface area (Å²) in [6, 6.07) is 20.4. The molecule has 2 amide bonds. The van der Waals surface area contributed by atoms with Crippen molar-refractivity contribution in [3.63, 3.8) is 0 Å². The van der Waals surface area contributed by atoms with Gasteiger partial charge in [0.1, 0.15) is 0 Å². The molecule has 6 heteroatoms. The third-order valence-electron chi connectivity index (χ3n) is 8.39. The largest absolute Gasteiger partial charge is 0.274 e. The fourth-order valence-corrected chi connectivity index (χ4v) is 8.15. The van der Waals surface area contributed by atoms with Crippen LogP contribution in [0.2, 0.25) is 0 Å². The number of nitrogens with zero attached hydrogens (tertiary/aromatic N) is 2. The quantitative estimate of drug-likeness (QED) is 0.128. The maximum absolute atomic E-state index is 14.3. The molecule has 1 aliphatic carbocycles. The first kappa shape index (κ1) is 25.9. The lowest BCUT2D eigenvalue weighted by Crippen LogP contribution is -2.30. The number of rotatable bonds is 9. The molecule has 0 unspecified atom stereocenters. The van der Waals surface area contributed by atoms with Crippen molar-refractivity contribution in [3.8, 4) is 49.2 Å². The second-order valence-electron chi connectivity index (χ2n) is 10.7. The predicted molar refractivity (Wildman–Crippen MR) is 168 cm³/mol. The van der Waals surface area contributed by atoms with E-state index in [2.05, 4.69) is 19.1 Å². The molecule has 3 heterocycles. The Bertz CT molecular complexity index is 1790. The summed E-state index contributed by atoms with van der Waals surface area (Å²) in [6.45, 7) is 2.64. The van der Waals surface area contributed by atoms with Crippen LogP contribution in [0.3, 0.4) is 0 Å². The molecule has 0 N–H and O–H groups in total. The van der Waals surface area contributed by atoms with Crippen molar-refractivity contribution >= 4 is 45.3 Å². The Balaban J connectivity index is 1.49. The van der Waals surface area contributed by atoms with Gasteiger partial charge in [0.25, 0.3) is 11.8 Å². The number of imide groups is 1. The summed E-state index contributed by atoms with van der Waals surface area (Å²) in [4.78, 5) is 32.0. The summed E-state index contributed by atoms with van der Waals surface area (Å²) in [5.41, 5.74) is 7.38. The van der Waals surface area contributed by atoms with Crippen molar-refractivity contribution in [1.82, 2.24) is 4.90 Å². The number of carbonyl (C=O) groups is 2. The molecule has 5 aromatic rings. The van der Waals surface area contributed by atoms with Gasteiger partial charge >= 0.3 is 0 Å². The van der Waals surface area contributed by atoms with Crippen LogP contribution in [0.25, 0.3) is 53.9 Å². The predicted octanol–water partition coefficient (Wildman–Crippen LogP) is 9.77. The molecule has 0 bridgehead atoms. The molecule has 0 atom stereocenters. The van der Waals surface area contributed by atoms with E-state index in [0.717, 1.165) is 73.2 Å². The van der Waals surface area contributed by atoms with Gasteiger partial charge in [0.2, 0.25) is 0 Å². The van der Waals surface area contributed by atoms with Crippen LogP contribution < -0.4 is 0 Å². The molecule has 2 aromatic heterocycles. The van der Waals surface area contributed by atoms with Crippen molar-refractivity contribution in [2.75, 3.05) is 6.54 Å². The maximum atomic E-state index is 14.3. The molecule has 41 heavy (non-hydrogen) atoms. The highest BCUT2D eigenvalue weighted by molar-refractivity contribution is 7.14. The highest BCUT2D eigenvalue weighted by Gasteiger charge is 2.44. The Hall–Kier alpha value is -4.05. The van der Waals surface area contributed by atoms with Crippen molar-refractivity contribution in [2.24, 2.45) is 0 Å². The van der Waals surface area contributed by atoms with Crippen LogP contribution in [-0.4, -0.2) is 23.3 Å². The summed E-state index contributed by atoms with van der Waals surface area (Å²) in [5, 5.41) is 15.8. The average Bonchev–Trinajstić information content (AvgIpc) is 3.80. The fourth-order valence-electron chi connectivity index (χ4n) is 6.59. The van der Waals surface area contributed by atoms with Crippen molar-refractivity contribution in [1.29, 1.82) is 5.26 Å². The van der Waals surface area contributed by atoms with E-state index in [4.69, 9.17) is 0 Å². The van der Waals surface area contributed by atoms with Gasteiger partial charge in [-0.05, 0) is 51.9 Å². The second kappa shape index (κ2) is 10.4. The number of amides is 2. The molecular formula is C35H28N2O2S2. The fraction of sp³-hybridized carbons (Fsp3) is 0.229. The Morgan fingerprint density at radius 2 is 1.29 bits per heavy atom. The lowest BCUT2D eigenvalue weighted by atomic mass is 9.84. The van der Waals surface area contributed by atoms with Crippen LogP contribution >= 0.6 is 22.7 Å². The monoisotopic (exact) mass is 572 g/mol. The van der Waals surface area contributed by atoms with Gasteiger partial charge in [-0.1, -0.05) is 75.4 Å². The Morgan fingerprint density at radius 1 is 0.683 bits per heavy atom. The van der Waals surface area contributed by atoms with Gasteiger partial charge in [-0.15, -0.1) is 22.7 Å². The van der Waals surface area contributed by atoms with Gasteiger partial charge in [0, 0.05) is 43.9 Å². The first-order valence-corrected chi connectivity index (χ1v) is 16.1. The van der Waals surface area contributed by atoms with E-state index in [0.29, 0.717) is 23.2 Å². The lowest BCUT2D eigenvalue weighted by molar-refractivity contribution is 0.0652. The van der Waals surface area contributed by atoms with E-state index in [9.17, 15) is 14.9 Å². The first-order valence-electron chi connectivity index (χ1n) is 14.3. The van der Waals surface area contributed by atoms with Crippen LogP contribution in [0.15, 0.2) is 65.4 Å². The van der Waals surface area contributed by atoms with Crippen molar-refractivity contribution in [2.45, 2.75) is 45.4 Å². The molecule has 202 valence electrons. The molecule has 0 radical (unpaired) electrons. The number of nitriles is 1. The summed E-state index contributed by atoms with van der Waals surface area (Å²) >= 11 is 3.18. The van der Waals surface area contributed by atoms with Crippen LogP contribution in [0.4, 0.5) is 0 Å². The minimum Gasteiger partial charge on any atom is -0.274 e. The zero-order valence-corrected chi connectivity index (χ0v) is 24.5. The van der Waals surface area contributed by atoms with Gasteiger partial charge in [-0.2, -0.15) is 5.26 Å². The third kappa shape index (κ3) is 3.91. The minimum atomic E-state index is -0.191. The molecule has 0 fully saturated rings. The number of thiophene rings is 2. The molecule has 2 aliphatic rings. The van der Waals surface area contributed by atoms with Gasteiger partial charge < -0.3 is 0 Å². The summed E-state index contributed by atoms with van der Waals surface area (Å²) in [7, 11) is 0. The van der Waals surface area contributed by atoms with Crippen molar-refractivity contribution < 1.29 is 9.59 Å². The van der Waals surface area contributed by atoms with Crippen LogP contribution in [0, 0.1) is 11.3 Å². The molecule has 0 saturated carbocycles. The Kier molecular flexibility index (Phi) is 6.57. The van der Waals surface area contributed by atoms with Crippen molar-refractivity contribution in [3.05, 3.63) is 82.0 Å². The second-order valence-corrected chi connectivity index (χ2v) is 12.6. The van der Waals surface area contributed by atoms with Crippen LogP contribution in [-0.2, 0) is 0 Å². The smallest absolute Gasteiger partial charge is 0.262 e. The lowest BCUT2D eigenvalue weighted by Gasteiger charge is -2.18. The maximum Gasteiger partial charge on any atom is 0.262 e. The van der Waals surface area contributed by atoms with E-state index in [1.165, 1.54) is 24.2 Å². The minimum absolute atomic E-state index is 0.191. The number of unbranched alkanes of at least 4 members (excludes halogenated alkanes) is 5. The summed E-state index contributed by atoms with van der Waals surface area (Å²) < 4.78 is 0. The first-order chi connectivity index (χ1) is 20.2. The SMILES string of the molecule is CCCCCCCCN1C(=O)c2c(c(-c3cccs3)c3c(c2-c2cccs2)-c2cccc4c(C#N)ccc-3c24)C1=O. The standard InChI is InChI=1S/C35H28N2O2S2/c1-2-3-4-5-6-7-17-37-34(38)32-30(25-13-9-18-40-25)28-23-12-8-11-22-21(20-36)15-16-24(27(22)23)29(28)31(33(32)35(37)39)26-14-10-19-41-26/h8-16,18-19H,2-7,17H2,1H3. The van der Waals surface area contributed by atoms with Gasteiger partial charge in [-0.25, -0.2) is 0 Å². The number of benzene rings is 3. The topological polar surface area (TPSA) is 61.2 Å². The zero-order chi connectivity index (χ0) is 28.1. The average molecular weight is 573 g/mol.